The zero-order valence-corrected chi connectivity index (χ0v) is 10.8. The Bertz CT molecular complexity index is 424. The van der Waals surface area contributed by atoms with E-state index in [0.717, 1.165) is 25.2 Å². The molecule has 1 aliphatic rings. The van der Waals surface area contributed by atoms with E-state index in [9.17, 15) is 4.79 Å². The van der Waals surface area contributed by atoms with Crippen molar-refractivity contribution < 1.29 is 4.79 Å². The van der Waals surface area contributed by atoms with Crippen LogP contribution >= 0.6 is 0 Å². The zero-order chi connectivity index (χ0) is 12.4. The van der Waals surface area contributed by atoms with Crippen molar-refractivity contribution in [2.45, 2.75) is 26.8 Å². The number of rotatable bonds is 3. The molecular formula is C14H20N2O. The number of amides is 1. The minimum atomic E-state index is 0.155. The van der Waals surface area contributed by atoms with Crippen LogP contribution in [-0.4, -0.2) is 36.5 Å². The van der Waals surface area contributed by atoms with Crippen molar-refractivity contribution in [3.05, 3.63) is 34.9 Å². The van der Waals surface area contributed by atoms with Gasteiger partial charge in [0, 0.05) is 25.2 Å². The number of hydrogen-bond acceptors (Lipinski definition) is 2. The third-order valence-electron chi connectivity index (χ3n) is 3.56. The Morgan fingerprint density at radius 3 is 2.53 bits per heavy atom. The van der Waals surface area contributed by atoms with Crippen molar-refractivity contribution in [3.8, 4) is 0 Å². The Labute approximate surface area is 103 Å². The summed E-state index contributed by atoms with van der Waals surface area (Å²) in [5.74, 6) is 0.155. The molecule has 1 aliphatic heterocycles. The summed E-state index contributed by atoms with van der Waals surface area (Å²) >= 11 is 0. The van der Waals surface area contributed by atoms with Crippen LogP contribution in [0.3, 0.4) is 0 Å². The Kier molecular flexibility index (Phi) is 3.48. The van der Waals surface area contributed by atoms with E-state index >= 15 is 0 Å². The summed E-state index contributed by atoms with van der Waals surface area (Å²) in [6, 6.07) is 6.32. The lowest BCUT2D eigenvalue weighted by atomic mass is 10.0. The Balaban J connectivity index is 2.19. The Morgan fingerprint density at radius 2 is 2.06 bits per heavy atom. The van der Waals surface area contributed by atoms with E-state index in [4.69, 9.17) is 0 Å². The second kappa shape index (κ2) is 4.88. The minimum absolute atomic E-state index is 0.155. The highest BCUT2D eigenvalue weighted by Gasteiger charge is 2.27. The second-order valence-corrected chi connectivity index (χ2v) is 4.70. The lowest BCUT2D eigenvalue weighted by Gasteiger charge is -2.37. The summed E-state index contributed by atoms with van der Waals surface area (Å²) in [7, 11) is 0. The van der Waals surface area contributed by atoms with Crippen LogP contribution in [0.2, 0.25) is 0 Å². The van der Waals surface area contributed by atoms with Gasteiger partial charge in [-0.15, -0.1) is 0 Å². The number of carbonyl (C=O) groups excluding carboxylic acids is 1. The SMILES string of the molecule is CCN(C(=O)c1ccc(C)c(C)c1)C1CNC1. The summed E-state index contributed by atoms with van der Waals surface area (Å²) in [5.41, 5.74) is 3.22. The minimum Gasteiger partial charge on any atom is -0.333 e. The fourth-order valence-electron chi connectivity index (χ4n) is 2.10. The molecule has 0 radical (unpaired) electrons. The molecule has 1 heterocycles. The molecule has 0 unspecified atom stereocenters. The monoisotopic (exact) mass is 232 g/mol. The molecule has 2 rings (SSSR count). The van der Waals surface area contributed by atoms with Crippen LogP contribution in [0.4, 0.5) is 0 Å². The summed E-state index contributed by atoms with van der Waals surface area (Å²) in [5, 5.41) is 3.21. The first kappa shape index (κ1) is 12.1. The van der Waals surface area contributed by atoms with Gasteiger partial charge in [-0.1, -0.05) is 6.07 Å². The van der Waals surface area contributed by atoms with Gasteiger partial charge in [0.15, 0.2) is 0 Å². The average Bonchev–Trinajstić information content (AvgIpc) is 2.26. The fourth-order valence-corrected chi connectivity index (χ4v) is 2.10. The predicted octanol–water partition coefficient (Wildman–Crippen LogP) is 1.74. The molecule has 92 valence electrons. The quantitative estimate of drug-likeness (QED) is 0.861. The Morgan fingerprint density at radius 1 is 1.35 bits per heavy atom. The van der Waals surface area contributed by atoms with Crippen molar-refractivity contribution in [1.29, 1.82) is 0 Å². The smallest absolute Gasteiger partial charge is 0.254 e. The molecule has 1 amide bonds. The van der Waals surface area contributed by atoms with Crippen molar-refractivity contribution in [1.82, 2.24) is 10.2 Å². The highest BCUT2D eigenvalue weighted by Crippen LogP contribution is 2.15. The van der Waals surface area contributed by atoms with Gasteiger partial charge in [-0.3, -0.25) is 4.79 Å². The standard InChI is InChI=1S/C14H20N2O/c1-4-16(13-8-15-9-13)14(17)12-6-5-10(2)11(3)7-12/h5-7,13,15H,4,8-9H2,1-3H3. The molecule has 0 spiro atoms. The molecule has 17 heavy (non-hydrogen) atoms. The largest absolute Gasteiger partial charge is 0.333 e. The second-order valence-electron chi connectivity index (χ2n) is 4.70. The molecular weight excluding hydrogens is 212 g/mol. The third-order valence-corrected chi connectivity index (χ3v) is 3.56. The normalized spacial score (nSPS) is 15.5. The van der Waals surface area contributed by atoms with Crippen LogP contribution in [0.25, 0.3) is 0 Å². The number of likely N-dealkylation sites (N-methyl/N-ethyl adjacent to an activating group) is 1. The van der Waals surface area contributed by atoms with Crippen LogP contribution in [0.15, 0.2) is 18.2 Å². The predicted molar refractivity (Wildman–Crippen MR) is 69.3 cm³/mol. The topological polar surface area (TPSA) is 32.3 Å². The van der Waals surface area contributed by atoms with Crippen molar-refractivity contribution in [2.75, 3.05) is 19.6 Å². The molecule has 0 aromatic heterocycles. The molecule has 1 aromatic rings. The van der Waals surface area contributed by atoms with Gasteiger partial charge in [0.25, 0.3) is 5.91 Å². The average molecular weight is 232 g/mol. The molecule has 1 N–H and O–H groups in total. The molecule has 3 nitrogen and oxygen atoms in total. The lowest BCUT2D eigenvalue weighted by molar-refractivity contribution is 0.0630. The number of carbonyl (C=O) groups is 1. The summed E-state index contributed by atoms with van der Waals surface area (Å²) in [6.45, 7) is 8.77. The van der Waals surface area contributed by atoms with Gasteiger partial charge in [0.1, 0.15) is 0 Å². The van der Waals surface area contributed by atoms with Crippen molar-refractivity contribution >= 4 is 5.91 Å². The van der Waals surface area contributed by atoms with Gasteiger partial charge in [0.05, 0.1) is 6.04 Å². The lowest BCUT2D eigenvalue weighted by Crippen LogP contribution is -2.58. The first-order chi connectivity index (χ1) is 8.13. The van der Waals surface area contributed by atoms with Gasteiger partial charge in [0.2, 0.25) is 0 Å². The number of aryl methyl sites for hydroxylation is 2. The Hall–Kier alpha value is -1.35. The maximum Gasteiger partial charge on any atom is 0.254 e. The first-order valence-electron chi connectivity index (χ1n) is 6.22. The maximum atomic E-state index is 12.4. The number of hydrogen-bond donors (Lipinski definition) is 1. The molecule has 0 saturated carbocycles. The fraction of sp³-hybridized carbons (Fsp3) is 0.500. The summed E-state index contributed by atoms with van der Waals surface area (Å²) in [4.78, 5) is 14.3. The molecule has 0 bridgehead atoms. The number of nitrogens with zero attached hydrogens (tertiary/aromatic N) is 1. The van der Waals surface area contributed by atoms with E-state index < -0.39 is 0 Å². The number of nitrogens with one attached hydrogen (secondary N) is 1. The molecule has 0 aliphatic carbocycles. The third kappa shape index (κ3) is 2.34. The summed E-state index contributed by atoms with van der Waals surface area (Å²) < 4.78 is 0. The van der Waals surface area contributed by atoms with Gasteiger partial charge in [-0.2, -0.15) is 0 Å². The highest BCUT2D eigenvalue weighted by molar-refractivity contribution is 5.94. The first-order valence-corrected chi connectivity index (χ1v) is 6.22. The van der Waals surface area contributed by atoms with Crippen LogP contribution in [-0.2, 0) is 0 Å². The van der Waals surface area contributed by atoms with E-state index in [-0.39, 0.29) is 5.91 Å². The van der Waals surface area contributed by atoms with Gasteiger partial charge in [-0.25, -0.2) is 0 Å². The molecule has 1 saturated heterocycles. The van der Waals surface area contributed by atoms with Crippen molar-refractivity contribution in [2.24, 2.45) is 0 Å². The van der Waals surface area contributed by atoms with Crippen LogP contribution in [0.5, 0.6) is 0 Å². The van der Waals surface area contributed by atoms with E-state index in [0.29, 0.717) is 6.04 Å². The zero-order valence-electron chi connectivity index (χ0n) is 10.8. The molecule has 1 aromatic carbocycles. The van der Waals surface area contributed by atoms with E-state index in [1.165, 1.54) is 11.1 Å². The molecule has 3 heteroatoms. The summed E-state index contributed by atoms with van der Waals surface area (Å²) in [6.07, 6.45) is 0. The van der Waals surface area contributed by atoms with E-state index in [2.05, 4.69) is 12.2 Å². The highest BCUT2D eigenvalue weighted by atomic mass is 16.2. The molecule has 1 fully saturated rings. The van der Waals surface area contributed by atoms with Gasteiger partial charge in [-0.05, 0) is 44.0 Å². The van der Waals surface area contributed by atoms with Crippen LogP contribution in [0, 0.1) is 13.8 Å². The van der Waals surface area contributed by atoms with Gasteiger partial charge >= 0.3 is 0 Å². The maximum absolute atomic E-state index is 12.4. The van der Waals surface area contributed by atoms with Crippen molar-refractivity contribution in [3.63, 3.8) is 0 Å². The number of benzene rings is 1. The van der Waals surface area contributed by atoms with Crippen LogP contribution < -0.4 is 5.32 Å². The van der Waals surface area contributed by atoms with E-state index in [1.54, 1.807) is 0 Å². The van der Waals surface area contributed by atoms with E-state index in [1.807, 2.05) is 36.9 Å². The van der Waals surface area contributed by atoms with Crippen LogP contribution in [0.1, 0.15) is 28.4 Å². The van der Waals surface area contributed by atoms with Gasteiger partial charge < -0.3 is 10.2 Å². The molecule has 0 atom stereocenters.